The van der Waals surface area contributed by atoms with E-state index in [4.69, 9.17) is 0 Å². The van der Waals surface area contributed by atoms with Crippen molar-refractivity contribution in [2.45, 2.75) is 55.0 Å². The summed E-state index contributed by atoms with van der Waals surface area (Å²) in [5, 5.41) is 6.44. The first-order valence-corrected chi connectivity index (χ1v) is 11.7. The minimum absolute atomic E-state index is 0.00934. The lowest BCUT2D eigenvalue weighted by Crippen LogP contribution is -2.55. The lowest BCUT2D eigenvalue weighted by Gasteiger charge is -2.38. The van der Waals surface area contributed by atoms with Gasteiger partial charge in [-0.2, -0.15) is 4.31 Å². The van der Waals surface area contributed by atoms with Gasteiger partial charge in [0.25, 0.3) is 0 Å². The zero-order chi connectivity index (χ0) is 19.7. The molecule has 0 aromatic heterocycles. The van der Waals surface area contributed by atoms with Crippen LogP contribution in [-0.2, 0) is 14.8 Å². The van der Waals surface area contributed by atoms with Crippen LogP contribution in [0, 0.1) is 5.82 Å². The Hall–Kier alpha value is -1.16. The quantitative estimate of drug-likeness (QED) is 0.768. The zero-order valence-electron chi connectivity index (χ0n) is 15.6. The van der Waals surface area contributed by atoms with Crippen LogP contribution < -0.4 is 10.6 Å². The summed E-state index contributed by atoms with van der Waals surface area (Å²) in [4.78, 5) is 12.2. The molecule has 2 N–H and O–H groups in total. The Balaban J connectivity index is 1.60. The minimum atomic E-state index is -3.62. The number of nitrogens with zero attached hydrogens (tertiary/aromatic N) is 1. The van der Waals surface area contributed by atoms with Gasteiger partial charge in [-0.3, -0.25) is 10.1 Å². The number of benzene rings is 1. The minimum Gasteiger partial charge on any atom is -0.352 e. The maximum atomic E-state index is 13.1. The summed E-state index contributed by atoms with van der Waals surface area (Å²) in [5.41, 5.74) is 0. The number of rotatable bonds is 5. The monoisotopic (exact) mass is 415 g/mol. The fourth-order valence-electron chi connectivity index (χ4n) is 3.36. The molecular formula is C18H26FN3O3S2. The summed E-state index contributed by atoms with van der Waals surface area (Å²) < 4.78 is 40.0. The summed E-state index contributed by atoms with van der Waals surface area (Å²) in [6.45, 7) is 4.76. The van der Waals surface area contributed by atoms with Gasteiger partial charge < -0.3 is 5.32 Å². The number of thioether (sulfide) groups is 1. The van der Waals surface area contributed by atoms with Gasteiger partial charge in [0.1, 0.15) is 5.82 Å². The molecule has 2 heterocycles. The zero-order valence-corrected chi connectivity index (χ0v) is 17.2. The van der Waals surface area contributed by atoms with E-state index in [0.29, 0.717) is 31.7 Å². The second-order valence-corrected chi connectivity index (χ2v) is 10.5. The number of piperidine rings is 1. The maximum absolute atomic E-state index is 13.1. The van der Waals surface area contributed by atoms with Crippen molar-refractivity contribution in [2.75, 3.05) is 18.8 Å². The second kappa shape index (κ2) is 8.06. The highest BCUT2D eigenvalue weighted by molar-refractivity contribution is 8.01. The molecule has 1 aromatic rings. The number of carbonyl (C=O) groups excluding carboxylic acids is 1. The van der Waals surface area contributed by atoms with Crippen LogP contribution in [0.2, 0.25) is 0 Å². The fourth-order valence-corrected chi connectivity index (χ4v) is 6.22. The molecule has 6 nitrogen and oxygen atoms in total. The Bertz CT molecular complexity index is 778. The first-order valence-electron chi connectivity index (χ1n) is 9.23. The average molecular weight is 416 g/mol. The number of sulfonamides is 1. The van der Waals surface area contributed by atoms with Gasteiger partial charge in [-0.25, -0.2) is 12.8 Å². The first kappa shape index (κ1) is 20.6. The molecule has 2 saturated heterocycles. The van der Waals surface area contributed by atoms with E-state index in [-0.39, 0.29) is 27.8 Å². The van der Waals surface area contributed by atoms with E-state index in [0.717, 1.165) is 18.6 Å². The molecule has 27 heavy (non-hydrogen) atoms. The Kier molecular flexibility index (Phi) is 6.14. The summed E-state index contributed by atoms with van der Waals surface area (Å²) in [6.07, 6.45) is 2.14. The lowest BCUT2D eigenvalue weighted by atomic mass is 10.0. The van der Waals surface area contributed by atoms with Gasteiger partial charge >= 0.3 is 0 Å². The average Bonchev–Trinajstić information content (AvgIpc) is 3.06. The van der Waals surface area contributed by atoms with E-state index < -0.39 is 15.8 Å². The van der Waals surface area contributed by atoms with Gasteiger partial charge in [0.15, 0.2) is 0 Å². The van der Waals surface area contributed by atoms with Crippen molar-refractivity contribution >= 4 is 27.7 Å². The van der Waals surface area contributed by atoms with Crippen molar-refractivity contribution in [3.05, 3.63) is 30.1 Å². The number of hydrogen-bond donors (Lipinski definition) is 2. The van der Waals surface area contributed by atoms with Crippen LogP contribution in [-0.4, -0.2) is 54.4 Å². The van der Waals surface area contributed by atoms with Crippen LogP contribution >= 0.6 is 11.8 Å². The highest BCUT2D eigenvalue weighted by atomic mass is 32.2. The van der Waals surface area contributed by atoms with Crippen molar-refractivity contribution in [3.8, 4) is 0 Å². The number of hydrogen-bond acceptors (Lipinski definition) is 5. The van der Waals surface area contributed by atoms with Gasteiger partial charge in [-0.1, -0.05) is 6.92 Å². The largest absolute Gasteiger partial charge is 0.352 e. The van der Waals surface area contributed by atoms with Crippen LogP contribution in [0.25, 0.3) is 0 Å². The van der Waals surface area contributed by atoms with E-state index in [1.165, 1.54) is 16.4 Å². The molecule has 1 spiro atoms. The second-order valence-electron chi connectivity index (χ2n) is 7.18. The molecule has 2 aliphatic heterocycles. The Labute approximate surface area is 164 Å². The van der Waals surface area contributed by atoms with Gasteiger partial charge in [-0.15, -0.1) is 11.8 Å². The van der Waals surface area contributed by atoms with Crippen molar-refractivity contribution in [3.63, 3.8) is 0 Å². The fraction of sp³-hybridized carbons (Fsp3) is 0.611. The smallest absolute Gasteiger partial charge is 0.243 e. The van der Waals surface area contributed by atoms with Crippen LogP contribution in [0.1, 0.15) is 33.1 Å². The molecule has 0 radical (unpaired) electrons. The van der Waals surface area contributed by atoms with E-state index in [9.17, 15) is 17.6 Å². The molecule has 3 rings (SSSR count). The van der Waals surface area contributed by atoms with Crippen LogP contribution in [0.3, 0.4) is 0 Å². The Morgan fingerprint density at radius 3 is 2.59 bits per heavy atom. The number of nitrogens with one attached hydrogen (secondary N) is 2. The third-order valence-electron chi connectivity index (χ3n) is 5.26. The molecule has 1 aromatic carbocycles. The molecule has 2 atom stereocenters. The summed E-state index contributed by atoms with van der Waals surface area (Å²) >= 11 is 1.70. The molecule has 1 amide bonds. The summed E-state index contributed by atoms with van der Waals surface area (Å²) in [7, 11) is -3.62. The molecule has 2 fully saturated rings. The normalized spacial score (nSPS) is 24.0. The van der Waals surface area contributed by atoms with Gasteiger partial charge in [0.05, 0.1) is 15.8 Å². The predicted molar refractivity (Wildman–Crippen MR) is 104 cm³/mol. The van der Waals surface area contributed by atoms with Gasteiger partial charge in [0, 0.05) is 24.9 Å². The third-order valence-corrected chi connectivity index (χ3v) is 8.75. The third kappa shape index (κ3) is 4.47. The predicted octanol–water partition coefficient (Wildman–Crippen LogP) is 1.93. The van der Waals surface area contributed by atoms with E-state index >= 15 is 0 Å². The molecule has 0 bridgehead atoms. The molecule has 0 aliphatic carbocycles. The van der Waals surface area contributed by atoms with E-state index in [1.54, 1.807) is 11.8 Å². The van der Waals surface area contributed by atoms with Gasteiger partial charge in [0.2, 0.25) is 15.9 Å². The number of carbonyl (C=O) groups is 1. The Morgan fingerprint density at radius 2 is 2.00 bits per heavy atom. The van der Waals surface area contributed by atoms with Crippen LogP contribution in [0.5, 0.6) is 0 Å². The Morgan fingerprint density at radius 1 is 1.37 bits per heavy atom. The van der Waals surface area contributed by atoms with Crippen molar-refractivity contribution < 1.29 is 17.6 Å². The molecular weight excluding hydrogens is 389 g/mol. The maximum Gasteiger partial charge on any atom is 0.243 e. The molecule has 2 unspecified atom stereocenters. The molecule has 150 valence electrons. The molecule has 0 saturated carbocycles. The summed E-state index contributed by atoms with van der Waals surface area (Å²) in [6, 6.07) is 4.81. The highest BCUT2D eigenvalue weighted by Gasteiger charge is 2.45. The van der Waals surface area contributed by atoms with E-state index in [1.807, 2.05) is 13.8 Å². The molecule has 2 aliphatic rings. The van der Waals surface area contributed by atoms with E-state index in [2.05, 4.69) is 10.6 Å². The highest BCUT2D eigenvalue weighted by Crippen LogP contribution is 2.40. The van der Waals surface area contributed by atoms with Crippen LogP contribution in [0.15, 0.2) is 29.2 Å². The topological polar surface area (TPSA) is 78.5 Å². The number of amides is 1. The number of halogens is 1. The van der Waals surface area contributed by atoms with Crippen LogP contribution in [0.4, 0.5) is 4.39 Å². The molecule has 9 heteroatoms. The standard InChI is InChI=1S/C18H26FN3O3S2/c1-3-13(2)20-17(23)16-12-26-18(21-16)8-10-22(11-9-18)27(24,25)15-6-4-14(19)5-7-15/h4-7,13,16,21H,3,8-12H2,1-2H3,(H,20,23). The van der Waals surface area contributed by atoms with Crippen molar-refractivity contribution in [1.82, 2.24) is 14.9 Å². The lowest BCUT2D eigenvalue weighted by molar-refractivity contribution is -0.123. The van der Waals surface area contributed by atoms with Crippen molar-refractivity contribution in [2.24, 2.45) is 0 Å². The van der Waals surface area contributed by atoms with Crippen molar-refractivity contribution in [1.29, 1.82) is 0 Å². The SMILES string of the molecule is CCC(C)NC(=O)C1CSC2(CCN(S(=O)(=O)c3ccc(F)cc3)CC2)N1. The van der Waals surface area contributed by atoms with Gasteiger partial charge in [-0.05, 0) is 50.5 Å². The summed E-state index contributed by atoms with van der Waals surface area (Å²) in [5.74, 6) is 0.238. The first-order chi connectivity index (χ1) is 12.8.